The summed E-state index contributed by atoms with van der Waals surface area (Å²) in [5.41, 5.74) is 3.04. The number of aromatic nitrogens is 4. The minimum Gasteiger partial charge on any atom is -0.378 e. The Balaban J connectivity index is 1.36. The predicted octanol–water partition coefficient (Wildman–Crippen LogP) is 3.34. The normalized spacial score (nSPS) is 13.5. The quantitative estimate of drug-likeness (QED) is 0.221. The average molecular weight is 539 g/mol. The van der Waals surface area contributed by atoms with Crippen molar-refractivity contribution < 1.29 is 14.5 Å². The van der Waals surface area contributed by atoms with Gasteiger partial charge >= 0.3 is 0 Å². The molecule has 0 bridgehead atoms. The second-order valence-electron chi connectivity index (χ2n) is 8.29. The molecule has 0 spiro atoms. The van der Waals surface area contributed by atoms with Gasteiger partial charge in [-0.2, -0.15) is 9.61 Å². The highest BCUT2D eigenvalue weighted by atomic mass is 32.1. The number of non-ortho nitro benzene ring substituents is 1. The zero-order valence-electron chi connectivity index (χ0n) is 19.9. The number of carbonyl (C=O) groups excluding carboxylic acids is 1. The van der Waals surface area contributed by atoms with Gasteiger partial charge in [0.1, 0.15) is 5.01 Å². The summed E-state index contributed by atoms with van der Waals surface area (Å²) in [4.78, 5) is 26.7. The number of thiocarbonyl (C=S) groups is 1. The zero-order chi connectivity index (χ0) is 26.1. The summed E-state index contributed by atoms with van der Waals surface area (Å²) < 4.78 is 7.08. The summed E-state index contributed by atoms with van der Waals surface area (Å²) in [5.74, 6) is 0.159. The number of fused-ring (bicyclic) bond motifs is 1. The van der Waals surface area contributed by atoms with Gasteiger partial charge in [0.25, 0.3) is 11.6 Å². The largest absolute Gasteiger partial charge is 0.378 e. The van der Waals surface area contributed by atoms with Crippen molar-refractivity contribution in [3.63, 3.8) is 0 Å². The predicted molar refractivity (Wildman–Crippen MR) is 143 cm³/mol. The monoisotopic (exact) mass is 538 g/mol. The Morgan fingerprint density at radius 2 is 1.97 bits per heavy atom. The molecule has 0 unspecified atom stereocenters. The Morgan fingerprint density at radius 3 is 2.70 bits per heavy atom. The van der Waals surface area contributed by atoms with Crippen molar-refractivity contribution in [1.82, 2.24) is 25.1 Å². The van der Waals surface area contributed by atoms with Gasteiger partial charge in [-0.25, -0.2) is 0 Å². The number of morpholine rings is 1. The van der Waals surface area contributed by atoms with E-state index in [0.29, 0.717) is 48.5 Å². The van der Waals surface area contributed by atoms with E-state index in [1.807, 2.05) is 36.9 Å². The van der Waals surface area contributed by atoms with Crippen molar-refractivity contribution in [3.8, 4) is 10.6 Å². The van der Waals surface area contributed by atoms with E-state index in [-0.39, 0.29) is 16.4 Å². The Morgan fingerprint density at radius 1 is 1.19 bits per heavy atom. The van der Waals surface area contributed by atoms with E-state index < -0.39 is 10.8 Å². The van der Waals surface area contributed by atoms with Crippen molar-refractivity contribution in [2.24, 2.45) is 0 Å². The lowest BCUT2D eigenvalue weighted by molar-refractivity contribution is -0.384. The number of nitro groups is 1. The maximum Gasteiger partial charge on any atom is 0.270 e. The van der Waals surface area contributed by atoms with Crippen LogP contribution in [-0.4, -0.2) is 62.1 Å². The molecule has 12 nitrogen and oxygen atoms in total. The standard InChI is InChI=1S/C23H22N8O4S2/c1-13-16(21-28-30-14(2)26-27-23(30)37-21)4-3-5-18(13)24-22(36)25-20(32)17-12-15(31(33)34)6-7-19(17)29-8-10-35-11-9-29/h3-7,12H,8-11H2,1-2H3,(H2,24,25,32,36). The molecule has 2 aromatic heterocycles. The first-order valence-electron chi connectivity index (χ1n) is 11.3. The van der Waals surface area contributed by atoms with Crippen LogP contribution in [0.1, 0.15) is 21.7 Å². The SMILES string of the molecule is Cc1c(NC(=S)NC(=O)c2cc([N+](=O)[O-])ccc2N2CCOCC2)cccc1-c1nn2c(C)nnc2s1. The minimum atomic E-state index is -0.541. The van der Waals surface area contributed by atoms with Crippen LogP contribution in [0.4, 0.5) is 17.1 Å². The van der Waals surface area contributed by atoms with Gasteiger partial charge in [0.15, 0.2) is 10.9 Å². The van der Waals surface area contributed by atoms with Gasteiger partial charge in [0.2, 0.25) is 4.96 Å². The molecule has 0 saturated carbocycles. The van der Waals surface area contributed by atoms with Crippen LogP contribution in [0.5, 0.6) is 0 Å². The van der Waals surface area contributed by atoms with Crippen molar-refractivity contribution in [2.45, 2.75) is 13.8 Å². The van der Waals surface area contributed by atoms with E-state index in [1.54, 1.807) is 10.6 Å². The number of hydrogen-bond donors (Lipinski definition) is 2. The fraction of sp³-hybridized carbons (Fsp3) is 0.261. The van der Waals surface area contributed by atoms with Crippen LogP contribution in [0, 0.1) is 24.0 Å². The van der Waals surface area contributed by atoms with Gasteiger partial charge in [-0.3, -0.25) is 20.2 Å². The van der Waals surface area contributed by atoms with Crippen LogP contribution in [0.3, 0.4) is 0 Å². The molecule has 190 valence electrons. The summed E-state index contributed by atoms with van der Waals surface area (Å²) in [7, 11) is 0. The van der Waals surface area contributed by atoms with Crippen LogP contribution >= 0.6 is 23.6 Å². The molecule has 2 N–H and O–H groups in total. The maximum absolute atomic E-state index is 13.2. The molecule has 0 radical (unpaired) electrons. The number of ether oxygens (including phenoxy) is 1. The number of nitro benzene ring substituents is 1. The summed E-state index contributed by atoms with van der Waals surface area (Å²) in [5, 5.41) is 30.7. The molecule has 2 aromatic carbocycles. The molecule has 0 aliphatic carbocycles. The number of nitrogens with zero attached hydrogens (tertiary/aromatic N) is 6. The lowest BCUT2D eigenvalue weighted by atomic mass is 10.1. The summed E-state index contributed by atoms with van der Waals surface area (Å²) >= 11 is 6.84. The molecule has 1 saturated heterocycles. The van der Waals surface area contributed by atoms with Gasteiger partial charge in [-0.1, -0.05) is 23.5 Å². The summed E-state index contributed by atoms with van der Waals surface area (Å²) in [6.45, 7) is 5.92. The summed E-state index contributed by atoms with van der Waals surface area (Å²) in [6, 6.07) is 9.90. The first kappa shape index (κ1) is 24.7. The van der Waals surface area contributed by atoms with E-state index in [9.17, 15) is 14.9 Å². The van der Waals surface area contributed by atoms with Gasteiger partial charge < -0.3 is 15.0 Å². The van der Waals surface area contributed by atoms with Crippen LogP contribution < -0.4 is 15.5 Å². The Hall–Kier alpha value is -4.01. The van der Waals surface area contributed by atoms with Crippen molar-refractivity contribution in [3.05, 3.63) is 63.5 Å². The third-order valence-electron chi connectivity index (χ3n) is 5.97. The third kappa shape index (κ3) is 4.98. The molecule has 5 rings (SSSR count). The number of rotatable bonds is 5. The molecule has 3 heterocycles. The molecular formula is C23H22N8O4S2. The topological polar surface area (TPSA) is 140 Å². The second kappa shape index (κ2) is 10.2. The van der Waals surface area contributed by atoms with Gasteiger partial charge in [-0.05, 0) is 43.8 Å². The zero-order valence-corrected chi connectivity index (χ0v) is 21.6. The number of carbonyl (C=O) groups is 1. The van der Waals surface area contributed by atoms with E-state index in [4.69, 9.17) is 17.0 Å². The number of nitrogens with one attached hydrogen (secondary N) is 2. The average Bonchev–Trinajstić information content (AvgIpc) is 3.47. The highest BCUT2D eigenvalue weighted by molar-refractivity contribution is 7.80. The molecular weight excluding hydrogens is 516 g/mol. The number of amides is 1. The first-order chi connectivity index (χ1) is 17.8. The lowest BCUT2D eigenvalue weighted by Gasteiger charge is -2.30. The minimum absolute atomic E-state index is 0.0682. The lowest BCUT2D eigenvalue weighted by Crippen LogP contribution is -2.39. The van der Waals surface area contributed by atoms with Crippen molar-refractivity contribution >= 4 is 56.6 Å². The fourth-order valence-corrected chi connectivity index (χ4v) is 5.22. The molecule has 4 aromatic rings. The molecule has 1 aliphatic heterocycles. The van der Waals surface area contributed by atoms with E-state index in [2.05, 4.69) is 25.9 Å². The molecule has 1 aliphatic rings. The summed E-state index contributed by atoms with van der Waals surface area (Å²) in [6.07, 6.45) is 0. The number of hydrogen-bond acceptors (Lipinski definition) is 10. The van der Waals surface area contributed by atoms with E-state index in [0.717, 1.165) is 16.1 Å². The van der Waals surface area contributed by atoms with E-state index >= 15 is 0 Å². The smallest absolute Gasteiger partial charge is 0.270 e. The highest BCUT2D eigenvalue weighted by Crippen LogP contribution is 2.32. The van der Waals surface area contributed by atoms with Crippen LogP contribution in [0.15, 0.2) is 36.4 Å². The highest BCUT2D eigenvalue weighted by Gasteiger charge is 2.23. The van der Waals surface area contributed by atoms with Gasteiger partial charge in [0.05, 0.1) is 29.4 Å². The fourth-order valence-electron chi connectivity index (χ4n) is 4.05. The van der Waals surface area contributed by atoms with Crippen molar-refractivity contribution in [1.29, 1.82) is 0 Å². The Kier molecular flexibility index (Phi) is 6.78. The Bertz CT molecular complexity index is 1530. The maximum atomic E-state index is 13.2. The molecule has 0 atom stereocenters. The third-order valence-corrected chi connectivity index (χ3v) is 7.11. The van der Waals surface area contributed by atoms with E-state index in [1.165, 1.54) is 23.5 Å². The van der Waals surface area contributed by atoms with Crippen LogP contribution in [0.2, 0.25) is 0 Å². The molecule has 1 fully saturated rings. The van der Waals surface area contributed by atoms with Gasteiger partial charge in [-0.15, -0.1) is 10.2 Å². The van der Waals surface area contributed by atoms with Crippen molar-refractivity contribution in [2.75, 3.05) is 36.5 Å². The van der Waals surface area contributed by atoms with Crippen LogP contribution in [0.25, 0.3) is 15.5 Å². The van der Waals surface area contributed by atoms with Gasteiger partial charge in [0, 0.05) is 36.5 Å². The second-order valence-corrected chi connectivity index (χ2v) is 9.66. The molecule has 1 amide bonds. The number of benzene rings is 2. The first-order valence-corrected chi connectivity index (χ1v) is 12.6. The molecule has 37 heavy (non-hydrogen) atoms. The van der Waals surface area contributed by atoms with Crippen LogP contribution in [-0.2, 0) is 4.74 Å². The Labute approximate surface area is 220 Å². The number of anilines is 2. The molecule has 14 heteroatoms. The number of aryl methyl sites for hydroxylation is 1.